The topological polar surface area (TPSA) is 50.5 Å². The highest BCUT2D eigenvalue weighted by atomic mass is 14.9. The van der Waals surface area contributed by atoms with Gasteiger partial charge in [-0.2, -0.15) is 0 Å². The molecule has 0 spiro atoms. The molecule has 0 bridgehead atoms. The highest BCUT2D eigenvalue weighted by molar-refractivity contribution is 6.15. The molecule has 0 saturated carbocycles. The average molecular weight is 609 g/mol. The van der Waals surface area contributed by atoms with Crippen molar-refractivity contribution in [2.24, 2.45) is 21.8 Å². The number of hydrogen-bond acceptors (Lipinski definition) is 4. The maximum Gasteiger partial charge on any atom is 0.0893 e. The Hall–Kier alpha value is -5.48. The normalized spacial score (nSPS) is 20.5. The van der Waals surface area contributed by atoms with Gasteiger partial charge in [0.05, 0.1) is 34.2 Å². The van der Waals surface area contributed by atoms with Crippen LogP contribution >= 0.6 is 0 Å². The van der Waals surface area contributed by atoms with Crippen molar-refractivity contribution < 1.29 is 0 Å². The van der Waals surface area contributed by atoms with Gasteiger partial charge in [-0.15, -0.1) is 0 Å². The van der Waals surface area contributed by atoms with Crippen LogP contribution in [-0.2, 0) is 0 Å². The van der Waals surface area contributed by atoms with Crippen molar-refractivity contribution in [1.82, 2.24) is 9.97 Å². The third-order valence-electron chi connectivity index (χ3n) is 9.86. The number of allylic oxidation sites excluding steroid dienone is 7. The van der Waals surface area contributed by atoms with Crippen LogP contribution in [0.1, 0.15) is 43.2 Å². The largest absolute Gasteiger partial charge is 0.255 e. The first-order valence-corrected chi connectivity index (χ1v) is 16.5. The van der Waals surface area contributed by atoms with Gasteiger partial charge in [-0.3, -0.25) is 15.0 Å². The van der Waals surface area contributed by atoms with Crippen LogP contribution in [0.3, 0.4) is 0 Å². The molecule has 4 nitrogen and oxygen atoms in total. The molecular formula is C43H36N4. The lowest BCUT2D eigenvalue weighted by atomic mass is 9.66. The molecule has 0 N–H and O–H groups in total. The molecule has 3 aliphatic rings. The summed E-state index contributed by atoms with van der Waals surface area (Å²) in [6.07, 6.45) is 15.9. The van der Waals surface area contributed by atoms with Gasteiger partial charge in [0.25, 0.3) is 0 Å². The minimum Gasteiger partial charge on any atom is -0.255 e. The third-order valence-corrected chi connectivity index (χ3v) is 9.86. The zero-order chi connectivity index (χ0) is 31.7. The van der Waals surface area contributed by atoms with Gasteiger partial charge in [0.1, 0.15) is 0 Å². The molecule has 0 amide bonds. The molecule has 3 atom stereocenters. The van der Waals surface area contributed by atoms with E-state index in [4.69, 9.17) is 15.0 Å². The van der Waals surface area contributed by atoms with Crippen molar-refractivity contribution in [2.75, 3.05) is 0 Å². The van der Waals surface area contributed by atoms with E-state index in [1.807, 2.05) is 30.3 Å². The smallest absolute Gasteiger partial charge is 0.0893 e. The van der Waals surface area contributed by atoms with Gasteiger partial charge >= 0.3 is 0 Å². The Labute approximate surface area is 276 Å². The zero-order valence-electron chi connectivity index (χ0n) is 26.6. The van der Waals surface area contributed by atoms with Crippen LogP contribution in [0.4, 0.5) is 5.69 Å². The Bertz CT molecular complexity index is 2170. The number of rotatable bonds is 6. The summed E-state index contributed by atoms with van der Waals surface area (Å²) in [5.41, 5.74) is 11.5. The van der Waals surface area contributed by atoms with E-state index >= 15 is 0 Å². The molecule has 2 aliphatic carbocycles. The van der Waals surface area contributed by atoms with Gasteiger partial charge in [0, 0.05) is 34.9 Å². The Morgan fingerprint density at radius 2 is 1.64 bits per heavy atom. The Morgan fingerprint density at radius 3 is 2.47 bits per heavy atom. The Balaban J connectivity index is 1.22. The highest BCUT2D eigenvalue weighted by Crippen LogP contribution is 2.50. The molecule has 47 heavy (non-hydrogen) atoms. The number of hydrogen-bond donors (Lipinski definition) is 0. The molecule has 0 fully saturated rings. The van der Waals surface area contributed by atoms with Crippen LogP contribution in [0.2, 0.25) is 0 Å². The molecule has 0 saturated heterocycles. The second-order valence-electron chi connectivity index (χ2n) is 12.5. The van der Waals surface area contributed by atoms with Gasteiger partial charge in [-0.05, 0) is 84.3 Å². The molecule has 5 aromatic rings. The second-order valence-corrected chi connectivity index (χ2v) is 12.5. The summed E-state index contributed by atoms with van der Waals surface area (Å²) in [7, 11) is 0. The quantitative estimate of drug-likeness (QED) is 0.180. The molecule has 3 aromatic carbocycles. The first-order chi connectivity index (χ1) is 23.2. The monoisotopic (exact) mass is 608 g/mol. The van der Waals surface area contributed by atoms with Gasteiger partial charge in [-0.1, -0.05) is 104 Å². The number of aliphatic imine (C=N–C) groups is 2. The van der Waals surface area contributed by atoms with Gasteiger partial charge in [-0.25, -0.2) is 4.98 Å². The molecule has 0 radical (unpaired) electrons. The van der Waals surface area contributed by atoms with E-state index in [2.05, 4.69) is 116 Å². The van der Waals surface area contributed by atoms with E-state index in [1.165, 1.54) is 11.1 Å². The maximum atomic E-state index is 5.44. The summed E-state index contributed by atoms with van der Waals surface area (Å²) < 4.78 is 0. The predicted molar refractivity (Wildman–Crippen MR) is 195 cm³/mol. The number of fused-ring (bicyclic) bond motifs is 3. The maximum absolute atomic E-state index is 5.44. The standard InChI is InChI=1S/C43H36N4/c1-3-29-23-24-36-41(30-14-5-4-6-15-30)35-18-9-10-19-38(35)47-43(36)42(29)45-28(2)31-25-26-34(33-17-8-7-16-32(31)33)37-21-13-22-40(46-37)39-20-11-12-27-44-39/h3-14,16-22,25-27,30,36,41H,1,15,23-24H2,2H3. The van der Waals surface area contributed by atoms with Crippen LogP contribution in [0.15, 0.2) is 161 Å². The van der Waals surface area contributed by atoms with Gasteiger partial charge in [0.15, 0.2) is 0 Å². The van der Waals surface area contributed by atoms with Gasteiger partial charge in [0.2, 0.25) is 0 Å². The fourth-order valence-electron chi connectivity index (χ4n) is 7.64. The van der Waals surface area contributed by atoms with Gasteiger partial charge < -0.3 is 0 Å². The SMILES string of the molecule is C=CC1=C(N=C(C)c2ccc(-c3cccc(-c4ccccn4)n3)c3ccccc23)C2=Nc3ccccc3C(C3C=CC=CC3)C2CC1. The second kappa shape index (κ2) is 12.4. The predicted octanol–water partition coefficient (Wildman–Crippen LogP) is 10.6. The molecule has 3 heterocycles. The van der Waals surface area contributed by atoms with Crippen LogP contribution in [0.5, 0.6) is 0 Å². The molecule has 3 unspecified atom stereocenters. The van der Waals surface area contributed by atoms with Crippen molar-refractivity contribution in [3.63, 3.8) is 0 Å². The van der Waals surface area contributed by atoms with Crippen molar-refractivity contribution in [1.29, 1.82) is 0 Å². The summed E-state index contributed by atoms with van der Waals surface area (Å²) in [6, 6.07) is 33.7. The van der Waals surface area contributed by atoms with E-state index in [9.17, 15) is 0 Å². The summed E-state index contributed by atoms with van der Waals surface area (Å²) in [4.78, 5) is 20.3. The summed E-state index contributed by atoms with van der Waals surface area (Å²) in [6.45, 7) is 6.34. The molecule has 8 rings (SSSR count). The van der Waals surface area contributed by atoms with Crippen molar-refractivity contribution in [2.45, 2.75) is 32.1 Å². The van der Waals surface area contributed by atoms with E-state index in [0.29, 0.717) is 17.8 Å². The Morgan fingerprint density at radius 1 is 0.830 bits per heavy atom. The lowest BCUT2D eigenvalue weighted by Crippen LogP contribution is -2.34. The number of para-hydroxylation sites is 1. The van der Waals surface area contributed by atoms with E-state index in [1.54, 1.807) is 6.20 Å². The number of pyridine rings is 2. The van der Waals surface area contributed by atoms with E-state index in [0.717, 1.165) is 81.1 Å². The molecular weight excluding hydrogens is 573 g/mol. The van der Waals surface area contributed by atoms with Crippen LogP contribution in [0.25, 0.3) is 33.4 Å². The number of nitrogens with zero attached hydrogens (tertiary/aromatic N) is 4. The fourth-order valence-corrected chi connectivity index (χ4v) is 7.64. The van der Waals surface area contributed by atoms with Crippen LogP contribution < -0.4 is 0 Å². The molecule has 228 valence electrons. The van der Waals surface area contributed by atoms with Crippen LogP contribution in [0, 0.1) is 11.8 Å². The first kappa shape index (κ1) is 29.0. The van der Waals surface area contributed by atoms with Crippen molar-refractivity contribution in [3.05, 3.63) is 163 Å². The Kier molecular flexibility index (Phi) is 7.62. The lowest BCUT2D eigenvalue weighted by molar-refractivity contribution is 0.395. The average Bonchev–Trinajstić information content (AvgIpc) is 3.14. The van der Waals surface area contributed by atoms with E-state index < -0.39 is 0 Å². The minimum atomic E-state index is 0.304. The van der Waals surface area contributed by atoms with Crippen LogP contribution in [-0.4, -0.2) is 21.4 Å². The summed E-state index contributed by atoms with van der Waals surface area (Å²) in [5.74, 6) is 1.11. The molecule has 1 aliphatic heterocycles. The summed E-state index contributed by atoms with van der Waals surface area (Å²) in [5, 5.41) is 2.29. The molecule has 4 heteroatoms. The number of aromatic nitrogens is 2. The number of benzene rings is 3. The zero-order valence-corrected chi connectivity index (χ0v) is 26.6. The molecule has 2 aromatic heterocycles. The minimum absolute atomic E-state index is 0.304. The van der Waals surface area contributed by atoms with Crippen molar-refractivity contribution in [3.8, 4) is 22.6 Å². The van der Waals surface area contributed by atoms with Crippen molar-refractivity contribution >= 4 is 27.9 Å². The fraction of sp³-hybridized carbons (Fsp3) is 0.163. The van der Waals surface area contributed by atoms with E-state index in [-0.39, 0.29) is 0 Å². The lowest BCUT2D eigenvalue weighted by Gasteiger charge is -2.40. The first-order valence-electron chi connectivity index (χ1n) is 16.5. The highest BCUT2D eigenvalue weighted by Gasteiger charge is 2.40. The third kappa shape index (κ3) is 5.30. The summed E-state index contributed by atoms with van der Waals surface area (Å²) >= 11 is 0.